The first kappa shape index (κ1) is 17.3. The van der Waals surface area contributed by atoms with E-state index in [0.29, 0.717) is 31.9 Å². The van der Waals surface area contributed by atoms with Gasteiger partial charge in [-0.25, -0.2) is 0 Å². The van der Waals surface area contributed by atoms with Crippen LogP contribution in [0.2, 0.25) is 0 Å². The maximum absolute atomic E-state index is 12.8. The number of hydrogen-bond donors (Lipinski definition) is 0. The second-order valence-electron chi connectivity index (χ2n) is 7.48. The number of rotatable bonds is 2. The minimum atomic E-state index is -0.326. The van der Waals surface area contributed by atoms with Gasteiger partial charge in [0.25, 0.3) is 5.91 Å². The fourth-order valence-electron chi connectivity index (χ4n) is 4.35. The fraction of sp³-hybridized carbons (Fsp3) is 0.600. The van der Waals surface area contributed by atoms with Crippen LogP contribution in [0, 0.1) is 11.3 Å². The number of nitrogens with zero attached hydrogens (tertiary/aromatic N) is 3. The molecule has 4 rings (SSSR count). The van der Waals surface area contributed by atoms with E-state index < -0.39 is 0 Å². The van der Waals surface area contributed by atoms with Gasteiger partial charge in [-0.15, -0.1) is 0 Å². The zero-order chi connectivity index (χ0) is 18.0. The van der Waals surface area contributed by atoms with Gasteiger partial charge in [-0.1, -0.05) is 6.07 Å². The van der Waals surface area contributed by atoms with Crippen molar-refractivity contribution in [3.63, 3.8) is 0 Å². The zero-order valence-electron chi connectivity index (χ0n) is 15.0. The van der Waals surface area contributed by atoms with Crippen LogP contribution >= 0.6 is 0 Å². The number of carbonyl (C=O) groups excluding carboxylic acids is 1. The molecule has 0 N–H and O–H groups in total. The molecule has 0 unspecified atom stereocenters. The number of nitriles is 1. The van der Waals surface area contributed by atoms with Gasteiger partial charge in [-0.05, 0) is 43.9 Å². The molecule has 0 saturated carbocycles. The van der Waals surface area contributed by atoms with Gasteiger partial charge in [0.1, 0.15) is 11.7 Å². The van der Waals surface area contributed by atoms with Crippen molar-refractivity contribution in [2.45, 2.75) is 37.4 Å². The minimum absolute atomic E-state index is 0.119. The lowest BCUT2D eigenvalue weighted by molar-refractivity contribution is -0.160. The van der Waals surface area contributed by atoms with Crippen molar-refractivity contribution >= 4 is 11.6 Å². The summed E-state index contributed by atoms with van der Waals surface area (Å²) in [5, 5.41) is 9.15. The maximum Gasteiger partial charge on any atom is 0.251 e. The summed E-state index contributed by atoms with van der Waals surface area (Å²) in [6.07, 6.45) is 3.50. The van der Waals surface area contributed by atoms with E-state index in [2.05, 4.69) is 11.0 Å². The summed E-state index contributed by atoms with van der Waals surface area (Å²) in [5.41, 5.74) is 1.39. The molecule has 26 heavy (non-hydrogen) atoms. The Morgan fingerprint density at radius 2 is 2.15 bits per heavy atom. The number of carbonyl (C=O) groups is 1. The Morgan fingerprint density at radius 1 is 1.23 bits per heavy atom. The molecule has 0 aliphatic carbocycles. The van der Waals surface area contributed by atoms with E-state index in [0.717, 1.165) is 44.5 Å². The first-order valence-electron chi connectivity index (χ1n) is 9.49. The number of amides is 1. The van der Waals surface area contributed by atoms with Gasteiger partial charge in [0.05, 0.1) is 24.8 Å². The van der Waals surface area contributed by atoms with Crippen molar-refractivity contribution in [3.8, 4) is 6.07 Å². The highest BCUT2D eigenvalue weighted by atomic mass is 16.5. The zero-order valence-corrected chi connectivity index (χ0v) is 15.0. The minimum Gasteiger partial charge on any atom is -0.369 e. The summed E-state index contributed by atoms with van der Waals surface area (Å²) < 4.78 is 11.8. The van der Waals surface area contributed by atoms with Gasteiger partial charge in [-0.3, -0.25) is 4.79 Å². The third kappa shape index (κ3) is 3.42. The number of benzene rings is 1. The molecule has 6 nitrogen and oxygen atoms in total. The molecular formula is C20H25N3O3. The second kappa shape index (κ2) is 7.26. The lowest BCUT2D eigenvalue weighted by Crippen LogP contribution is -2.61. The van der Waals surface area contributed by atoms with Crippen molar-refractivity contribution in [2.75, 3.05) is 44.3 Å². The Balaban J connectivity index is 1.48. The summed E-state index contributed by atoms with van der Waals surface area (Å²) in [6, 6.07) is 9.92. The quantitative estimate of drug-likeness (QED) is 0.811. The molecule has 1 amide bonds. The van der Waals surface area contributed by atoms with E-state index in [-0.39, 0.29) is 17.6 Å². The third-order valence-corrected chi connectivity index (χ3v) is 5.65. The Hall–Kier alpha value is -2.10. The van der Waals surface area contributed by atoms with Gasteiger partial charge >= 0.3 is 0 Å². The number of morpholine rings is 1. The van der Waals surface area contributed by atoms with Gasteiger partial charge in [0, 0.05) is 31.9 Å². The van der Waals surface area contributed by atoms with E-state index in [4.69, 9.17) is 14.7 Å². The predicted octanol–water partition coefficient (Wildman–Crippen LogP) is 1.94. The van der Waals surface area contributed by atoms with E-state index in [1.165, 1.54) is 0 Å². The molecule has 1 aromatic rings. The first-order valence-corrected chi connectivity index (χ1v) is 9.49. The SMILES string of the molecule is N#Cc1cccc(N2CCC[C@]3(CN(C(=O)[C@H]4CCCO4)CCO3)C2)c1. The van der Waals surface area contributed by atoms with Crippen LogP contribution in [-0.2, 0) is 14.3 Å². The van der Waals surface area contributed by atoms with Gasteiger partial charge in [0.15, 0.2) is 0 Å². The molecule has 3 fully saturated rings. The molecule has 3 saturated heterocycles. The van der Waals surface area contributed by atoms with Crippen LogP contribution < -0.4 is 4.90 Å². The molecule has 1 spiro atoms. The molecule has 3 aliphatic rings. The van der Waals surface area contributed by atoms with Gasteiger partial charge < -0.3 is 19.3 Å². The van der Waals surface area contributed by atoms with Crippen LogP contribution in [0.15, 0.2) is 24.3 Å². The third-order valence-electron chi connectivity index (χ3n) is 5.65. The summed E-state index contributed by atoms with van der Waals surface area (Å²) in [5.74, 6) is 0.119. The number of piperidine rings is 1. The molecule has 3 aliphatic heterocycles. The Labute approximate surface area is 154 Å². The monoisotopic (exact) mass is 355 g/mol. The highest BCUT2D eigenvalue weighted by molar-refractivity contribution is 5.81. The van der Waals surface area contributed by atoms with Crippen LogP contribution in [0.1, 0.15) is 31.2 Å². The van der Waals surface area contributed by atoms with Crippen molar-refractivity contribution in [1.82, 2.24) is 4.90 Å². The number of hydrogen-bond acceptors (Lipinski definition) is 5. The van der Waals surface area contributed by atoms with E-state index >= 15 is 0 Å². The maximum atomic E-state index is 12.8. The molecule has 0 bridgehead atoms. The lowest BCUT2D eigenvalue weighted by Gasteiger charge is -2.49. The largest absolute Gasteiger partial charge is 0.369 e. The molecule has 2 atom stereocenters. The molecule has 6 heteroatoms. The fourth-order valence-corrected chi connectivity index (χ4v) is 4.35. The molecule has 1 aromatic carbocycles. The average molecular weight is 355 g/mol. The molecule has 0 radical (unpaired) electrons. The molecule has 3 heterocycles. The van der Waals surface area contributed by atoms with Crippen molar-refractivity contribution in [2.24, 2.45) is 0 Å². The number of anilines is 1. The van der Waals surface area contributed by atoms with E-state index in [9.17, 15) is 4.79 Å². The predicted molar refractivity (Wildman–Crippen MR) is 96.8 cm³/mol. The Morgan fingerprint density at radius 3 is 2.96 bits per heavy atom. The van der Waals surface area contributed by atoms with Crippen molar-refractivity contribution in [3.05, 3.63) is 29.8 Å². The standard InChI is InChI=1S/C20H25N3O3/c21-13-16-4-1-5-17(12-16)22-8-3-7-20(14-22)15-23(9-11-26-20)19(24)18-6-2-10-25-18/h1,4-5,12,18H,2-3,6-11,14-15H2/t18-,20-/m1/s1. The van der Waals surface area contributed by atoms with E-state index in [1.54, 1.807) is 0 Å². The second-order valence-corrected chi connectivity index (χ2v) is 7.48. The average Bonchev–Trinajstić information content (AvgIpc) is 3.22. The highest BCUT2D eigenvalue weighted by Crippen LogP contribution is 2.32. The van der Waals surface area contributed by atoms with Crippen LogP contribution in [0.4, 0.5) is 5.69 Å². The topological polar surface area (TPSA) is 65.8 Å². The van der Waals surface area contributed by atoms with Crippen molar-refractivity contribution in [1.29, 1.82) is 5.26 Å². The Bertz CT molecular complexity index is 706. The summed E-state index contributed by atoms with van der Waals surface area (Å²) >= 11 is 0. The summed E-state index contributed by atoms with van der Waals surface area (Å²) in [4.78, 5) is 17.0. The smallest absolute Gasteiger partial charge is 0.251 e. The van der Waals surface area contributed by atoms with Crippen LogP contribution in [0.5, 0.6) is 0 Å². The normalized spacial score (nSPS) is 29.0. The Kier molecular flexibility index (Phi) is 4.84. The van der Waals surface area contributed by atoms with Crippen LogP contribution in [-0.4, -0.2) is 61.9 Å². The molecule has 138 valence electrons. The van der Waals surface area contributed by atoms with Gasteiger partial charge in [0.2, 0.25) is 0 Å². The van der Waals surface area contributed by atoms with Crippen LogP contribution in [0.25, 0.3) is 0 Å². The summed E-state index contributed by atoms with van der Waals surface area (Å²) in [7, 11) is 0. The molecule has 0 aromatic heterocycles. The highest BCUT2D eigenvalue weighted by Gasteiger charge is 2.43. The lowest BCUT2D eigenvalue weighted by atomic mass is 9.90. The van der Waals surface area contributed by atoms with Crippen LogP contribution in [0.3, 0.4) is 0 Å². The summed E-state index contributed by atoms with van der Waals surface area (Å²) in [6.45, 7) is 4.22. The molecular weight excluding hydrogens is 330 g/mol. The van der Waals surface area contributed by atoms with E-state index in [1.807, 2.05) is 29.2 Å². The first-order chi connectivity index (χ1) is 12.7. The van der Waals surface area contributed by atoms with Crippen molar-refractivity contribution < 1.29 is 14.3 Å². The number of ether oxygens (including phenoxy) is 2. The van der Waals surface area contributed by atoms with Gasteiger partial charge in [-0.2, -0.15) is 5.26 Å².